The first-order valence-electron chi connectivity index (χ1n) is 12.3. The summed E-state index contributed by atoms with van der Waals surface area (Å²) in [6.07, 6.45) is 1.71. The maximum absolute atomic E-state index is 13.0. The first kappa shape index (κ1) is 26.5. The Bertz CT molecular complexity index is 1250. The van der Waals surface area contributed by atoms with E-state index in [0.29, 0.717) is 41.5 Å². The molecule has 196 valence electrons. The van der Waals surface area contributed by atoms with E-state index in [0.717, 1.165) is 29.2 Å². The van der Waals surface area contributed by atoms with Crippen molar-refractivity contribution in [3.63, 3.8) is 0 Å². The highest BCUT2D eigenvalue weighted by Crippen LogP contribution is 2.34. The number of likely N-dealkylation sites (tertiary alicyclic amines) is 1. The van der Waals surface area contributed by atoms with Gasteiger partial charge in [-0.1, -0.05) is 0 Å². The number of rotatable bonds is 8. The van der Waals surface area contributed by atoms with Gasteiger partial charge in [0.1, 0.15) is 11.4 Å². The van der Waals surface area contributed by atoms with Gasteiger partial charge in [-0.25, -0.2) is 4.98 Å². The molecule has 3 aromatic rings. The third-order valence-electron chi connectivity index (χ3n) is 6.34. The van der Waals surface area contributed by atoms with Gasteiger partial charge in [0.15, 0.2) is 11.5 Å². The Hall–Kier alpha value is -3.59. The van der Waals surface area contributed by atoms with Gasteiger partial charge in [-0.15, -0.1) is 11.3 Å². The molecule has 0 aliphatic carbocycles. The molecule has 0 atom stereocenters. The molecule has 4 rings (SSSR count). The minimum Gasteiger partial charge on any atom is -0.493 e. The molecule has 2 amide bonds. The van der Waals surface area contributed by atoms with Crippen LogP contribution in [-0.2, 0) is 0 Å². The number of ether oxygens (including phenoxy) is 3. The highest BCUT2D eigenvalue weighted by atomic mass is 32.1. The SMILES string of the molecule is COc1cc(C)c(NC(=O)c2csc(C3CCN(C(=O)c4ccc(OC(C)C)cc4)CC3)n2)cc1OC. The first-order valence-corrected chi connectivity index (χ1v) is 13.2. The molecule has 1 aliphatic heterocycles. The zero-order valence-corrected chi connectivity index (χ0v) is 22.7. The van der Waals surface area contributed by atoms with Crippen LogP contribution in [0.3, 0.4) is 0 Å². The number of nitrogens with one attached hydrogen (secondary N) is 1. The number of anilines is 1. The molecule has 1 aliphatic rings. The van der Waals surface area contributed by atoms with Crippen LogP contribution in [0.15, 0.2) is 41.8 Å². The number of benzene rings is 2. The van der Waals surface area contributed by atoms with Crippen LogP contribution < -0.4 is 19.5 Å². The molecular formula is C28H33N3O5S. The topological polar surface area (TPSA) is 90.0 Å². The first-order chi connectivity index (χ1) is 17.8. The molecule has 9 heteroatoms. The molecule has 2 aromatic carbocycles. The second kappa shape index (κ2) is 11.6. The Labute approximate surface area is 221 Å². The number of hydrogen-bond donors (Lipinski definition) is 1. The second-order valence-electron chi connectivity index (χ2n) is 9.30. The molecule has 0 bridgehead atoms. The highest BCUT2D eigenvalue weighted by Gasteiger charge is 2.27. The van der Waals surface area contributed by atoms with Crippen LogP contribution in [0.4, 0.5) is 5.69 Å². The minimum atomic E-state index is -0.268. The zero-order valence-electron chi connectivity index (χ0n) is 21.9. The average Bonchev–Trinajstić information content (AvgIpc) is 3.40. The lowest BCUT2D eigenvalue weighted by Crippen LogP contribution is -2.37. The predicted molar refractivity (Wildman–Crippen MR) is 144 cm³/mol. The number of carbonyl (C=O) groups excluding carboxylic acids is 2. The van der Waals surface area contributed by atoms with Crippen molar-refractivity contribution < 1.29 is 23.8 Å². The number of methoxy groups -OCH3 is 2. The smallest absolute Gasteiger partial charge is 0.275 e. The molecule has 37 heavy (non-hydrogen) atoms. The van der Waals surface area contributed by atoms with Crippen molar-refractivity contribution in [2.24, 2.45) is 0 Å². The molecule has 1 N–H and O–H groups in total. The van der Waals surface area contributed by atoms with E-state index >= 15 is 0 Å². The normalized spacial score (nSPS) is 13.9. The van der Waals surface area contributed by atoms with E-state index < -0.39 is 0 Å². The van der Waals surface area contributed by atoms with Gasteiger partial charge in [0.25, 0.3) is 11.8 Å². The fourth-order valence-corrected chi connectivity index (χ4v) is 5.31. The lowest BCUT2D eigenvalue weighted by Gasteiger charge is -2.31. The molecule has 2 heterocycles. The fraction of sp³-hybridized carbons (Fsp3) is 0.393. The summed E-state index contributed by atoms with van der Waals surface area (Å²) >= 11 is 1.49. The highest BCUT2D eigenvalue weighted by molar-refractivity contribution is 7.10. The predicted octanol–water partition coefficient (Wildman–Crippen LogP) is 5.53. The van der Waals surface area contributed by atoms with E-state index in [1.165, 1.54) is 11.3 Å². The average molecular weight is 524 g/mol. The summed E-state index contributed by atoms with van der Waals surface area (Å²) in [4.78, 5) is 32.4. The fourth-order valence-electron chi connectivity index (χ4n) is 4.34. The number of piperidine rings is 1. The molecule has 1 saturated heterocycles. The van der Waals surface area contributed by atoms with Crippen molar-refractivity contribution in [1.29, 1.82) is 0 Å². The number of thiazole rings is 1. The van der Waals surface area contributed by atoms with Crippen molar-refractivity contribution in [2.45, 2.75) is 45.6 Å². The maximum atomic E-state index is 13.0. The largest absolute Gasteiger partial charge is 0.493 e. The second-order valence-corrected chi connectivity index (χ2v) is 10.2. The maximum Gasteiger partial charge on any atom is 0.275 e. The Morgan fingerprint density at radius 2 is 1.70 bits per heavy atom. The Morgan fingerprint density at radius 3 is 2.32 bits per heavy atom. The molecule has 0 unspecified atom stereocenters. The monoisotopic (exact) mass is 523 g/mol. The van der Waals surface area contributed by atoms with Crippen molar-refractivity contribution in [3.05, 3.63) is 63.6 Å². The Balaban J connectivity index is 1.35. The summed E-state index contributed by atoms with van der Waals surface area (Å²) in [5.41, 5.74) is 2.55. The Kier molecular flexibility index (Phi) is 8.33. The van der Waals surface area contributed by atoms with Crippen LogP contribution in [0, 0.1) is 6.92 Å². The molecule has 0 radical (unpaired) electrons. The van der Waals surface area contributed by atoms with Gasteiger partial charge < -0.3 is 24.4 Å². The molecule has 8 nitrogen and oxygen atoms in total. The van der Waals surface area contributed by atoms with Crippen LogP contribution in [-0.4, -0.2) is 55.1 Å². The van der Waals surface area contributed by atoms with Crippen LogP contribution in [0.25, 0.3) is 0 Å². The van der Waals surface area contributed by atoms with Crippen molar-refractivity contribution in [3.8, 4) is 17.2 Å². The van der Waals surface area contributed by atoms with Gasteiger partial charge in [0.2, 0.25) is 0 Å². The summed E-state index contributed by atoms with van der Waals surface area (Å²) in [5, 5.41) is 5.65. The van der Waals surface area contributed by atoms with E-state index in [9.17, 15) is 9.59 Å². The summed E-state index contributed by atoms with van der Waals surface area (Å²) in [5.74, 6) is 1.89. The number of carbonyl (C=O) groups is 2. The van der Waals surface area contributed by atoms with E-state index in [4.69, 9.17) is 14.2 Å². The lowest BCUT2D eigenvalue weighted by molar-refractivity contribution is 0.0713. The number of amides is 2. The quantitative estimate of drug-likeness (QED) is 0.418. The third-order valence-corrected chi connectivity index (χ3v) is 7.35. The van der Waals surface area contributed by atoms with E-state index in [-0.39, 0.29) is 23.8 Å². The zero-order chi connectivity index (χ0) is 26.5. The van der Waals surface area contributed by atoms with Gasteiger partial charge in [0, 0.05) is 41.7 Å². The minimum absolute atomic E-state index is 0.0269. The number of aryl methyl sites for hydroxylation is 1. The number of aromatic nitrogens is 1. The molecule has 0 saturated carbocycles. The summed E-state index contributed by atoms with van der Waals surface area (Å²) < 4.78 is 16.3. The van der Waals surface area contributed by atoms with Crippen LogP contribution in [0.1, 0.15) is 64.0 Å². The van der Waals surface area contributed by atoms with Crippen molar-refractivity contribution >= 4 is 28.8 Å². The summed E-state index contributed by atoms with van der Waals surface area (Å²) in [6.45, 7) is 7.15. The van der Waals surface area contributed by atoms with Gasteiger partial charge in [0.05, 0.1) is 25.3 Å². The van der Waals surface area contributed by atoms with E-state index in [1.807, 2.05) is 56.0 Å². The van der Waals surface area contributed by atoms with Gasteiger partial charge in [-0.2, -0.15) is 0 Å². The van der Waals surface area contributed by atoms with E-state index in [2.05, 4.69) is 10.3 Å². The van der Waals surface area contributed by atoms with Crippen molar-refractivity contribution in [2.75, 3.05) is 32.6 Å². The summed E-state index contributed by atoms with van der Waals surface area (Å²) in [7, 11) is 3.14. The molecule has 0 spiro atoms. The summed E-state index contributed by atoms with van der Waals surface area (Å²) in [6, 6.07) is 10.9. The van der Waals surface area contributed by atoms with E-state index in [1.54, 1.807) is 25.7 Å². The van der Waals surface area contributed by atoms with Crippen LogP contribution in [0.5, 0.6) is 17.2 Å². The molecular weight excluding hydrogens is 490 g/mol. The number of hydrogen-bond acceptors (Lipinski definition) is 7. The molecule has 1 fully saturated rings. The third kappa shape index (κ3) is 6.22. The standard InChI is InChI=1S/C28H33N3O5S/c1-17(2)36-21-8-6-20(7-9-21)28(33)31-12-10-19(11-13-31)27-30-23(16-37-27)26(32)29-22-15-25(35-5)24(34-4)14-18(22)3/h6-9,14-17,19H,10-13H2,1-5H3,(H,29,32). The number of nitrogens with zero attached hydrogens (tertiary/aromatic N) is 2. The lowest BCUT2D eigenvalue weighted by atomic mass is 9.97. The van der Waals surface area contributed by atoms with Gasteiger partial charge >= 0.3 is 0 Å². The van der Waals surface area contributed by atoms with Crippen LogP contribution >= 0.6 is 11.3 Å². The van der Waals surface area contributed by atoms with Crippen molar-refractivity contribution in [1.82, 2.24) is 9.88 Å². The Morgan fingerprint density at radius 1 is 1.05 bits per heavy atom. The molecule has 1 aromatic heterocycles. The van der Waals surface area contributed by atoms with Gasteiger partial charge in [-0.05, 0) is 69.5 Å². The van der Waals surface area contributed by atoms with Gasteiger partial charge in [-0.3, -0.25) is 9.59 Å². The van der Waals surface area contributed by atoms with Crippen LogP contribution in [0.2, 0.25) is 0 Å².